The Labute approximate surface area is 113 Å². The largest absolute Gasteiger partial charge is 0.339 e. The summed E-state index contributed by atoms with van der Waals surface area (Å²) in [7, 11) is 0. The summed E-state index contributed by atoms with van der Waals surface area (Å²) in [6, 6.07) is 4.39. The van der Waals surface area contributed by atoms with Gasteiger partial charge in [0.05, 0.1) is 0 Å². The van der Waals surface area contributed by atoms with Crippen molar-refractivity contribution in [3.8, 4) is 0 Å². The molecule has 1 N–H and O–H groups in total. The van der Waals surface area contributed by atoms with Crippen molar-refractivity contribution in [2.45, 2.75) is 39.2 Å². The van der Waals surface area contributed by atoms with Gasteiger partial charge in [-0.1, -0.05) is 18.1 Å². The monoisotopic (exact) mass is 260 g/mol. The minimum atomic E-state index is 0.471. The van der Waals surface area contributed by atoms with Gasteiger partial charge in [-0.05, 0) is 31.5 Å². The Morgan fingerprint density at radius 1 is 1.42 bits per heavy atom. The molecule has 2 aromatic rings. The van der Waals surface area contributed by atoms with Crippen molar-refractivity contribution in [1.29, 1.82) is 0 Å². The normalized spacial score (nSPS) is 12.5. The zero-order chi connectivity index (χ0) is 13.5. The minimum Gasteiger partial charge on any atom is -0.339 e. The highest BCUT2D eigenvalue weighted by atomic mass is 16.5. The molecule has 2 aromatic heterocycles. The molecule has 2 heterocycles. The summed E-state index contributed by atoms with van der Waals surface area (Å²) in [5, 5.41) is 7.37. The second-order valence-electron chi connectivity index (χ2n) is 4.64. The minimum absolute atomic E-state index is 0.471. The lowest BCUT2D eigenvalue weighted by Crippen LogP contribution is -2.25. The van der Waals surface area contributed by atoms with Crippen LogP contribution in [0.5, 0.6) is 0 Å². The van der Waals surface area contributed by atoms with Gasteiger partial charge in [-0.2, -0.15) is 4.98 Å². The summed E-state index contributed by atoms with van der Waals surface area (Å²) in [5.74, 6) is 1.43. The Kier molecular flexibility index (Phi) is 5.03. The van der Waals surface area contributed by atoms with Crippen molar-refractivity contribution in [2.24, 2.45) is 0 Å². The van der Waals surface area contributed by atoms with Crippen LogP contribution in [0.4, 0.5) is 0 Å². The highest BCUT2D eigenvalue weighted by Gasteiger charge is 2.09. The van der Waals surface area contributed by atoms with Crippen LogP contribution in [-0.4, -0.2) is 27.7 Å². The van der Waals surface area contributed by atoms with E-state index < -0.39 is 0 Å². The Bertz CT molecular complexity index is 483. The molecule has 0 aliphatic heterocycles. The van der Waals surface area contributed by atoms with Crippen LogP contribution in [0.15, 0.2) is 29.0 Å². The van der Waals surface area contributed by atoms with E-state index in [-0.39, 0.29) is 0 Å². The SMILES string of the molecule is CCNC(C)CCc1nc(Cc2cccnc2)no1. The molecule has 0 radical (unpaired) electrons. The van der Waals surface area contributed by atoms with Gasteiger partial charge in [0.15, 0.2) is 5.82 Å². The molecule has 2 rings (SSSR count). The van der Waals surface area contributed by atoms with E-state index in [2.05, 4.69) is 34.3 Å². The number of hydrogen-bond acceptors (Lipinski definition) is 5. The van der Waals surface area contributed by atoms with E-state index in [1.54, 1.807) is 6.20 Å². The van der Waals surface area contributed by atoms with Gasteiger partial charge in [0.25, 0.3) is 0 Å². The van der Waals surface area contributed by atoms with E-state index in [0.717, 1.165) is 30.8 Å². The first-order chi connectivity index (χ1) is 9.28. The number of nitrogens with one attached hydrogen (secondary N) is 1. The maximum Gasteiger partial charge on any atom is 0.226 e. The van der Waals surface area contributed by atoms with Gasteiger partial charge in [0.2, 0.25) is 5.89 Å². The number of nitrogens with zero attached hydrogens (tertiary/aromatic N) is 3. The highest BCUT2D eigenvalue weighted by molar-refractivity contribution is 5.13. The molecule has 0 saturated heterocycles. The topological polar surface area (TPSA) is 63.8 Å². The molecule has 0 saturated carbocycles. The van der Waals surface area contributed by atoms with Crippen LogP contribution in [0, 0.1) is 0 Å². The predicted octanol–water partition coefficient (Wildman–Crippen LogP) is 1.99. The molecule has 102 valence electrons. The fourth-order valence-electron chi connectivity index (χ4n) is 1.94. The number of pyridine rings is 1. The lowest BCUT2D eigenvalue weighted by atomic mass is 10.2. The maximum absolute atomic E-state index is 5.26. The third-order valence-corrected chi connectivity index (χ3v) is 2.94. The lowest BCUT2D eigenvalue weighted by molar-refractivity contribution is 0.363. The van der Waals surface area contributed by atoms with Gasteiger partial charge in [-0.3, -0.25) is 4.98 Å². The van der Waals surface area contributed by atoms with Crippen molar-refractivity contribution in [1.82, 2.24) is 20.4 Å². The van der Waals surface area contributed by atoms with E-state index in [0.29, 0.717) is 18.4 Å². The van der Waals surface area contributed by atoms with E-state index in [1.807, 2.05) is 18.3 Å². The van der Waals surface area contributed by atoms with E-state index in [4.69, 9.17) is 4.52 Å². The third-order valence-electron chi connectivity index (χ3n) is 2.94. The average molecular weight is 260 g/mol. The van der Waals surface area contributed by atoms with Crippen molar-refractivity contribution in [3.63, 3.8) is 0 Å². The molecule has 5 heteroatoms. The molecule has 0 aliphatic rings. The second-order valence-corrected chi connectivity index (χ2v) is 4.64. The van der Waals surface area contributed by atoms with Gasteiger partial charge < -0.3 is 9.84 Å². The van der Waals surface area contributed by atoms with Crippen LogP contribution in [0.3, 0.4) is 0 Å². The molecule has 1 unspecified atom stereocenters. The molecule has 1 atom stereocenters. The highest BCUT2D eigenvalue weighted by Crippen LogP contribution is 2.07. The van der Waals surface area contributed by atoms with Crippen molar-refractivity contribution in [2.75, 3.05) is 6.54 Å². The average Bonchev–Trinajstić information content (AvgIpc) is 2.86. The second kappa shape index (κ2) is 6.99. The van der Waals surface area contributed by atoms with Crippen LogP contribution < -0.4 is 5.32 Å². The number of hydrogen-bond donors (Lipinski definition) is 1. The smallest absolute Gasteiger partial charge is 0.226 e. The van der Waals surface area contributed by atoms with Crippen LogP contribution in [0.1, 0.15) is 37.5 Å². The van der Waals surface area contributed by atoms with Crippen LogP contribution in [0.2, 0.25) is 0 Å². The quantitative estimate of drug-likeness (QED) is 0.824. The molecule has 0 aromatic carbocycles. The van der Waals surface area contributed by atoms with E-state index >= 15 is 0 Å². The van der Waals surface area contributed by atoms with Gasteiger partial charge >= 0.3 is 0 Å². The number of aryl methyl sites for hydroxylation is 1. The van der Waals surface area contributed by atoms with Crippen molar-refractivity contribution < 1.29 is 4.52 Å². The molecule has 0 aliphatic carbocycles. The number of aromatic nitrogens is 3. The van der Waals surface area contributed by atoms with Crippen molar-refractivity contribution >= 4 is 0 Å². The Morgan fingerprint density at radius 3 is 3.05 bits per heavy atom. The molecule has 0 spiro atoms. The van der Waals surface area contributed by atoms with E-state index in [1.165, 1.54) is 0 Å². The van der Waals surface area contributed by atoms with Crippen LogP contribution in [-0.2, 0) is 12.8 Å². The van der Waals surface area contributed by atoms with Gasteiger partial charge in [0, 0.05) is 31.3 Å². The third kappa shape index (κ3) is 4.44. The Morgan fingerprint density at radius 2 is 2.32 bits per heavy atom. The van der Waals surface area contributed by atoms with Crippen LogP contribution in [0.25, 0.3) is 0 Å². The van der Waals surface area contributed by atoms with Crippen LogP contribution >= 0.6 is 0 Å². The Hall–Kier alpha value is -1.75. The first-order valence-corrected chi connectivity index (χ1v) is 6.71. The number of rotatable bonds is 7. The standard InChI is InChI=1S/C14H20N4O/c1-3-16-11(2)6-7-14-17-13(18-19-14)9-12-5-4-8-15-10-12/h4-5,8,10-11,16H,3,6-7,9H2,1-2H3. The summed E-state index contributed by atoms with van der Waals surface area (Å²) in [6.45, 7) is 5.25. The molecule has 19 heavy (non-hydrogen) atoms. The lowest BCUT2D eigenvalue weighted by Gasteiger charge is -2.09. The molecular weight excluding hydrogens is 240 g/mol. The molecular formula is C14H20N4O. The molecule has 0 bridgehead atoms. The summed E-state index contributed by atoms with van der Waals surface area (Å²) in [6.07, 6.45) is 6.06. The summed E-state index contributed by atoms with van der Waals surface area (Å²) >= 11 is 0. The fraction of sp³-hybridized carbons (Fsp3) is 0.500. The maximum atomic E-state index is 5.26. The summed E-state index contributed by atoms with van der Waals surface area (Å²) < 4.78 is 5.26. The zero-order valence-electron chi connectivity index (χ0n) is 11.5. The van der Waals surface area contributed by atoms with Crippen molar-refractivity contribution in [3.05, 3.63) is 41.8 Å². The first-order valence-electron chi connectivity index (χ1n) is 6.71. The predicted molar refractivity (Wildman–Crippen MR) is 72.8 cm³/mol. The van der Waals surface area contributed by atoms with Gasteiger partial charge in [0.1, 0.15) is 0 Å². The summed E-state index contributed by atoms with van der Waals surface area (Å²) in [5.41, 5.74) is 1.09. The van der Waals surface area contributed by atoms with Gasteiger partial charge in [-0.25, -0.2) is 0 Å². The molecule has 5 nitrogen and oxygen atoms in total. The zero-order valence-corrected chi connectivity index (χ0v) is 11.5. The van der Waals surface area contributed by atoms with Gasteiger partial charge in [-0.15, -0.1) is 0 Å². The molecule has 0 fully saturated rings. The fourth-order valence-corrected chi connectivity index (χ4v) is 1.94. The molecule has 0 amide bonds. The Balaban J connectivity index is 1.85. The van der Waals surface area contributed by atoms with E-state index in [9.17, 15) is 0 Å². The first kappa shape index (κ1) is 13.7. The summed E-state index contributed by atoms with van der Waals surface area (Å²) in [4.78, 5) is 8.48.